The third-order valence-electron chi connectivity index (χ3n) is 4.99. The van der Waals surface area contributed by atoms with Gasteiger partial charge in [0.25, 0.3) is 0 Å². The minimum Gasteiger partial charge on any atom is -0.369 e. The fourth-order valence-corrected chi connectivity index (χ4v) is 4.58. The Hall–Kier alpha value is -1.61. The number of anilines is 1. The van der Waals surface area contributed by atoms with Crippen LogP contribution in [-0.2, 0) is 16.6 Å². The molecule has 0 spiro atoms. The first-order valence-corrected chi connectivity index (χ1v) is 12.0. The molecule has 2 unspecified atom stereocenters. The van der Waals surface area contributed by atoms with Crippen LogP contribution in [0.4, 0.5) is 5.69 Å². The number of piperidine rings is 1. The van der Waals surface area contributed by atoms with Crippen LogP contribution in [0.15, 0.2) is 65.7 Å². The van der Waals surface area contributed by atoms with Crippen molar-refractivity contribution in [3.05, 3.63) is 66.2 Å². The first-order valence-electron chi connectivity index (χ1n) is 10.5. The summed E-state index contributed by atoms with van der Waals surface area (Å²) in [6.07, 6.45) is 2.29. The first-order chi connectivity index (χ1) is 14.2. The highest BCUT2D eigenvalue weighted by atomic mass is 127. The molecule has 1 aliphatic rings. The van der Waals surface area contributed by atoms with E-state index in [1.165, 1.54) is 5.69 Å². The van der Waals surface area contributed by atoms with E-state index in [9.17, 15) is 4.21 Å². The highest BCUT2D eigenvalue weighted by Crippen LogP contribution is 2.19. The number of halogens is 1. The summed E-state index contributed by atoms with van der Waals surface area (Å²) in [6.45, 7) is 5.50. The summed E-state index contributed by atoms with van der Waals surface area (Å²) in [5.41, 5.74) is 2.39. The van der Waals surface area contributed by atoms with Gasteiger partial charge < -0.3 is 15.5 Å². The summed E-state index contributed by atoms with van der Waals surface area (Å²) >= 11 is 0. The van der Waals surface area contributed by atoms with Gasteiger partial charge in [-0.05, 0) is 37.5 Å². The number of benzene rings is 2. The number of guanidine groups is 1. The van der Waals surface area contributed by atoms with Crippen molar-refractivity contribution in [2.75, 3.05) is 36.8 Å². The predicted molar refractivity (Wildman–Crippen MR) is 139 cm³/mol. The Balaban J connectivity index is 0.00000320. The van der Waals surface area contributed by atoms with Gasteiger partial charge in [-0.25, -0.2) is 0 Å². The Morgan fingerprint density at radius 1 is 1.13 bits per heavy atom. The van der Waals surface area contributed by atoms with E-state index >= 15 is 0 Å². The van der Waals surface area contributed by atoms with E-state index in [4.69, 9.17) is 0 Å². The standard InChI is InChI=1S/C23H32N4OS.HI/c1-2-24-23(25-15-17-29(28)19-20-10-5-3-6-11-20)26-21-12-9-16-27(18-21)22-13-7-4-8-14-22;/h3-8,10-11,13-14,21H,2,9,12,15-19H2,1H3,(H2,24,25,26);1H. The van der Waals surface area contributed by atoms with Crippen LogP contribution in [-0.4, -0.2) is 48.1 Å². The number of nitrogens with zero attached hydrogens (tertiary/aromatic N) is 2. The van der Waals surface area contributed by atoms with Gasteiger partial charge >= 0.3 is 0 Å². The minimum absolute atomic E-state index is 0. The van der Waals surface area contributed by atoms with E-state index in [0.717, 1.165) is 44.0 Å². The molecule has 0 saturated carbocycles. The molecule has 0 radical (unpaired) electrons. The molecule has 1 fully saturated rings. The average molecular weight is 541 g/mol. The summed E-state index contributed by atoms with van der Waals surface area (Å²) in [5, 5.41) is 6.91. The number of rotatable bonds is 8. The number of hydrogen-bond acceptors (Lipinski definition) is 3. The molecule has 30 heavy (non-hydrogen) atoms. The summed E-state index contributed by atoms with van der Waals surface area (Å²) in [5.74, 6) is 1.99. The van der Waals surface area contributed by atoms with E-state index in [2.05, 4.69) is 57.8 Å². The molecule has 1 heterocycles. The van der Waals surface area contributed by atoms with Gasteiger partial charge in [-0.1, -0.05) is 48.5 Å². The van der Waals surface area contributed by atoms with Crippen molar-refractivity contribution in [3.63, 3.8) is 0 Å². The van der Waals surface area contributed by atoms with Gasteiger partial charge in [0, 0.05) is 53.7 Å². The lowest BCUT2D eigenvalue weighted by molar-refractivity contribution is 0.468. The summed E-state index contributed by atoms with van der Waals surface area (Å²) < 4.78 is 12.3. The zero-order valence-corrected chi connectivity index (χ0v) is 20.8. The van der Waals surface area contributed by atoms with Crippen LogP contribution in [0.3, 0.4) is 0 Å². The van der Waals surface area contributed by atoms with Crippen molar-refractivity contribution in [1.29, 1.82) is 0 Å². The number of aliphatic imine (C=N–C) groups is 1. The zero-order valence-electron chi connectivity index (χ0n) is 17.6. The van der Waals surface area contributed by atoms with Gasteiger partial charge in [-0.2, -0.15) is 0 Å². The maximum Gasteiger partial charge on any atom is 0.191 e. The van der Waals surface area contributed by atoms with Crippen molar-refractivity contribution in [1.82, 2.24) is 10.6 Å². The molecule has 2 aromatic rings. The van der Waals surface area contributed by atoms with Crippen LogP contribution < -0.4 is 15.5 Å². The van der Waals surface area contributed by atoms with Crippen molar-refractivity contribution >= 4 is 46.4 Å². The molecule has 164 valence electrons. The van der Waals surface area contributed by atoms with Gasteiger partial charge in [0.2, 0.25) is 0 Å². The van der Waals surface area contributed by atoms with Crippen LogP contribution in [0.2, 0.25) is 0 Å². The molecule has 0 bridgehead atoms. The number of nitrogens with one attached hydrogen (secondary N) is 2. The Bertz CT molecular complexity index is 788. The average Bonchev–Trinajstić information content (AvgIpc) is 2.75. The third kappa shape index (κ3) is 8.26. The Morgan fingerprint density at radius 2 is 1.83 bits per heavy atom. The monoisotopic (exact) mass is 540 g/mol. The molecule has 1 aliphatic heterocycles. The maximum absolute atomic E-state index is 12.3. The fraction of sp³-hybridized carbons (Fsp3) is 0.435. The molecule has 2 N–H and O–H groups in total. The van der Waals surface area contributed by atoms with Gasteiger partial charge in [-0.3, -0.25) is 9.20 Å². The fourth-order valence-electron chi connectivity index (χ4n) is 3.57. The highest BCUT2D eigenvalue weighted by molar-refractivity contribution is 14.0. The smallest absolute Gasteiger partial charge is 0.191 e. The summed E-state index contributed by atoms with van der Waals surface area (Å²) in [6, 6.07) is 20.9. The molecular formula is C23H33IN4OS. The van der Waals surface area contributed by atoms with Crippen LogP contribution in [0.1, 0.15) is 25.3 Å². The summed E-state index contributed by atoms with van der Waals surface area (Å²) in [4.78, 5) is 7.10. The molecule has 0 amide bonds. The van der Waals surface area contributed by atoms with E-state index in [0.29, 0.717) is 24.1 Å². The zero-order chi connectivity index (χ0) is 20.3. The van der Waals surface area contributed by atoms with E-state index in [-0.39, 0.29) is 24.0 Å². The molecule has 2 atom stereocenters. The molecule has 0 aliphatic carbocycles. The van der Waals surface area contributed by atoms with Crippen molar-refractivity contribution in [3.8, 4) is 0 Å². The lowest BCUT2D eigenvalue weighted by Crippen LogP contribution is -2.51. The molecule has 1 saturated heterocycles. The largest absolute Gasteiger partial charge is 0.369 e. The van der Waals surface area contributed by atoms with Crippen LogP contribution in [0, 0.1) is 0 Å². The SMILES string of the molecule is CCNC(=NCCS(=O)Cc1ccccc1)NC1CCCN(c2ccccc2)C1.I. The van der Waals surface area contributed by atoms with Gasteiger partial charge in [0.15, 0.2) is 5.96 Å². The first kappa shape index (κ1) is 24.7. The van der Waals surface area contributed by atoms with Gasteiger partial charge in [-0.15, -0.1) is 24.0 Å². The normalized spacial score (nSPS) is 17.7. The van der Waals surface area contributed by atoms with Crippen molar-refractivity contribution < 1.29 is 4.21 Å². The van der Waals surface area contributed by atoms with E-state index in [1.807, 2.05) is 30.3 Å². The van der Waals surface area contributed by atoms with Crippen LogP contribution >= 0.6 is 24.0 Å². The quantitative estimate of drug-likeness (QED) is 0.304. The minimum atomic E-state index is -0.900. The molecule has 7 heteroatoms. The number of para-hydroxylation sites is 1. The third-order valence-corrected chi connectivity index (χ3v) is 6.28. The van der Waals surface area contributed by atoms with E-state index < -0.39 is 10.8 Å². The van der Waals surface area contributed by atoms with Gasteiger partial charge in [0.1, 0.15) is 0 Å². The molecule has 2 aromatic carbocycles. The Morgan fingerprint density at radius 3 is 2.53 bits per heavy atom. The lowest BCUT2D eigenvalue weighted by atomic mass is 10.1. The maximum atomic E-state index is 12.3. The van der Waals surface area contributed by atoms with Gasteiger partial charge in [0.05, 0.1) is 6.54 Å². The van der Waals surface area contributed by atoms with Crippen molar-refractivity contribution in [2.45, 2.75) is 31.6 Å². The summed E-state index contributed by atoms with van der Waals surface area (Å²) in [7, 11) is -0.900. The lowest BCUT2D eigenvalue weighted by Gasteiger charge is -2.35. The predicted octanol–water partition coefficient (Wildman–Crippen LogP) is 3.78. The van der Waals surface area contributed by atoms with Crippen LogP contribution in [0.25, 0.3) is 0 Å². The molecule has 5 nitrogen and oxygen atoms in total. The second-order valence-corrected chi connectivity index (χ2v) is 8.88. The second-order valence-electron chi connectivity index (χ2n) is 7.30. The highest BCUT2D eigenvalue weighted by Gasteiger charge is 2.20. The molecule has 0 aromatic heterocycles. The Labute approximate surface area is 200 Å². The number of hydrogen-bond donors (Lipinski definition) is 2. The molecule has 3 rings (SSSR count). The van der Waals surface area contributed by atoms with Crippen LogP contribution in [0.5, 0.6) is 0 Å². The second kappa shape index (κ2) is 13.6. The van der Waals surface area contributed by atoms with Crippen molar-refractivity contribution in [2.24, 2.45) is 4.99 Å². The molecular weight excluding hydrogens is 507 g/mol. The topological polar surface area (TPSA) is 56.7 Å². The van der Waals surface area contributed by atoms with E-state index in [1.54, 1.807) is 0 Å². The Kier molecular flexibility index (Phi) is 11.2.